The zero-order valence-corrected chi connectivity index (χ0v) is 9.47. The van der Waals surface area contributed by atoms with Crippen LogP contribution in [-0.2, 0) is 4.74 Å². The van der Waals surface area contributed by atoms with Gasteiger partial charge in [-0.3, -0.25) is 0 Å². The van der Waals surface area contributed by atoms with Crippen molar-refractivity contribution in [3.63, 3.8) is 0 Å². The zero-order valence-electron chi connectivity index (χ0n) is 8.65. The lowest BCUT2D eigenvalue weighted by Crippen LogP contribution is -2.38. The maximum absolute atomic E-state index is 5.05. The van der Waals surface area contributed by atoms with Crippen LogP contribution in [0.5, 0.6) is 0 Å². The molecule has 1 rings (SSSR count). The minimum Gasteiger partial charge on any atom is -0.383 e. The van der Waals surface area contributed by atoms with Gasteiger partial charge in [-0.2, -0.15) is 5.21 Å². The molecule has 1 aromatic heterocycles. The van der Waals surface area contributed by atoms with Crippen molar-refractivity contribution in [2.24, 2.45) is 0 Å². The van der Waals surface area contributed by atoms with E-state index in [1.807, 2.05) is 6.92 Å². The molecular weight excluding hydrogens is 216 g/mol. The molecule has 0 aliphatic rings. The van der Waals surface area contributed by atoms with Crippen molar-refractivity contribution in [3.05, 3.63) is 5.82 Å². The third kappa shape index (κ3) is 4.17. The molecule has 0 radical (unpaired) electrons. The summed E-state index contributed by atoms with van der Waals surface area (Å²) in [6, 6.07) is -0.0775. The van der Waals surface area contributed by atoms with E-state index in [9.17, 15) is 0 Å². The number of ether oxygens (including phenoxy) is 1. The summed E-state index contributed by atoms with van der Waals surface area (Å²) >= 11 is 5.05. The average molecular weight is 230 g/mol. The van der Waals surface area contributed by atoms with Gasteiger partial charge < -0.3 is 15.4 Å². The number of methoxy groups -OCH3 is 1. The van der Waals surface area contributed by atoms with E-state index < -0.39 is 0 Å². The number of nitrogens with zero attached hydrogens (tertiary/aromatic N) is 3. The average Bonchev–Trinajstić information content (AvgIpc) is 2.70. The molecule has 0 aliphatic carbocycles. The van der Waals surface area contributed by atoms with Gasteiger partial charge in [-0.15, -0.1) is 10.2 Å². The third-order valence-electron chi connectivity index (χ3n) is 1.69. The van der Waals surface area contributed by atoms with E-state index in [1.165, 1.54) is 0 Å². The van der Waals surface area contributed by atoms with Gasteiger partial charge in [-0.05, 0) is 19.1 Å². The first kappa shape index (κ1) is 11.8. The number of H-pyrrole nitrogens is 1. The summed E-state index contributed by atoms with van der Waals surface area (Å²) in [6.07, 6.45) is 0. The van der Waals surface area contributed by atoms with E-state index in [2.05, 4.69) is 31.3 Å². The second-order valence-electron chi connectivity index (χ2n) is 2.88. The van der Waals surface area contributed by atoms with Gasteiger partial charge in [0, 0.05) is 13.7 Å². The van der Waals surface area contributed by atoms with Crippen LogP contribution in [0.4, 0.5) is 0 Å². The Balaban J connectivity index is 2.26. The van der Waals surface area contributed by atoms with Gasteiger partial charge in [0.1, 0.15) is 0 Å². The summed E-state index contributed by atoms with van der Waals surface area (Å²) in [5.74, 6) is 0.575. The summed E-state index contributed by atoms with van der Waals surface area (Å²) in [4.78, 5) is 0. The van der Waals surface area contributed by atoms with Crippen LogP contribution >= 0.6 is 12.2 Å². The van der Waals surface area contributed by atoms with Gasteiger partial charge in [-0.1, -0.05) is 5.21 Å². The fraction of sp³-hybridized carbons (Fsp3) is 0.714. The largest absolute Gasteiger partial charge is 0.383 e. The predicted molar refractivity (Wildman–Crippen MR) is 58.2 cm³/mol. The van der Waals surface area contributed by atoms with Crippen LogP contribution in [0.25, 0.3) is 0 Å². The second kappa shape index (κ2) is 6.25. The molecule has 1 atom stereocenters. The number of tetrazole rings is 1. The van der Waals surface area contributed by atoms with Crippen molar-refractivity contribution in [1.29, 1.82) is 0 Å². The molecule has 0 saturated heterocycles. The normalized spacial score (nSPS) is 12.1. The van der Waals surface area contributed by atoms with Crippen molar-refractivity contribution in [2.45, 2.75) is 13.0 Å². The van der Waals surface area contributed by atoms with E-state index >= 15 is 0 Å². The molecule has 8 heteroatoms. The summed E-state index contributed by atoms with van der Waals surface area (Å²) in [5.41, 5.74) is 0. The Hall–Kier alpha value is -1.28. The van der Waals surface area contributed by atoms with Crippen LogP contribution in [-0.4, -0.2) is 46.0 Å². The molecule has 15 heavy (non-hydrogen) atoms. The molecule has 0 amide bonds. The highest BCUT2D eigenvalue weighted by atomic mass is 32.1. The van der Waals surface area contributed by atoms with E-state index in [0.717, 1.165) is 0 Å². The molecule has 1 aromatic rings. The zero-order chi connectivity index (χ0) is 11.1. The van der Waals surface area contributed by atoms with Gasteiger partial charge in [-0.25, -0.2) is 0 Å². The lowest BCUT2D eigenvalue weighted by Gasteiger charge is -2.13. The molecule has 0 aliphatic heterocycles. The van der Waals surface area contributed by atoms with Gasteiger partial charge in [0.15, 0.2) is 10.9 Å². The van der Waals surface area contributed by atoms with Crippen LogP contribution in [0, 0.1) is 0 Å². The van der Waals surface area contributed by atoms with Crippen molar-refractivity contribution < 1.29 is 4.74 Å². The van der Waals surface area contributed by atoms with Crippen molar-refractivity contribution in [3.8, 4) is 0 Å². The number of aromatic nitrogens is 4. The number of hydrogen-bond acceptors (Lipinski definition) is 5. The van der Waals surface area contributed by atoms with E-state index in [0.29, 0.717) is 24.1 Å². The molecule has 0 spiro atoms. The number of nitrogens with one attached hydrogen (secondary N) is 3. The maximum atomic E-state index is 5.05. The highest BCUT2D eigenvalue weighted by Crippen LogP contribution is 2.01. The van der Waals surface area contributed by atoms with Gasteiger partial charge in [0.25, 0.3) is 0 Å². The Labute approximate surface area is 93.0 Å². The number of thiocarbonyl (C=S) groups is 1. The van der Waals surface area contributed by atoms with Crippen molar-refractivity contribution in [1.82, 2.24) is 31.3 Å². The van der Waals surface area contributed by atoms with E-state index in [1.54, 1.807) is 7.11 Å². The van der Waals surface area contributed by atoms with Crippen LogP contribution < -0.4 is 10.6 Å². The number of hydrogen-bond donors (Lipinski definition) is 3. The standard InChI is InChI=1S/C7H14N6OS/c1-5(6-10-12-13-11-6)9-7(15)8-3-4-14-2/h5H,3-4H2,1-2H3,(H2,8,9,15)(H,10,11,12,13). The van der Waals surface area contributed by atoms with Gasteiger partial charge in [0.05, 0.1) is 12.6 Å². The molecule has 0 fully saturated rings. The quantitative estimate of drug-likeness (QED) is 0.458. The highest BCUT2D eigenvalue weighted by Gasteiger charge is 2.10. The van der Waals surface area contributed by atoms with E-state index in [-0.39, 0.29) is 6.04 Å². The topological polar surface area (TPSA) is 87.8 Å². The summed E-state index contributed by atoms with van der Waals surface area (Å²) in [5, 5.41) is 20.1. The lowest BCUT2D eigenvalue weighted by atomic mass is 10.3. The summed E-state index contributed by atoms with van der Waals surface area (Å²) in [6.45, 7) is 3.18. The molecule has 84 valence electrons. The lowest BCUT2D eigenvalue weighted by molar-refractivity contribution is 0.204. The van der Waals surface area contributed by atoms with Gasteiger partial charge in [0.2, 0.25) is 0 Å². The molecular formula is C7H14N6OS. The minimum atomic E-state index is -0.0775. The summed E-state index contributed by atoms with van der Waals surface area (Å²) in [7, 11) is 1.64. The Morgan fingerprint density at radius 2 is 2.47 bits per heavy atom. The Kier molecular flexibility index (Phi) is 4.91. The smallest absolute Gasteiger partial charge is 0.196 e. The van der Waals surface area contributed by atoms with Crippen LogP contribution in [0.15, 0.2) is 0 Å². The molecule has 7 nitrogen and oxygen atoms in total. The maximum Gasteiger partial charge on any atom is 0.196 e. The molecule has 3 N–H and O–H groups in total. The highest BCUT2D eigenvalue weighted by molar-refractivity contribution is 7.80. The third-order valence-corrected chi connectivity index (χ3v) is 1.95. The monoisotopic (exact) mass is 230 g/mol. The van der Waals surface area contributed by atoms with Crippen LogP contribution in [0.3, 0.4) is 0 Å². The summed E-state index contributed by atoms with van der Waals surface area (Å²) < 4.78 is 4.88. The SMILES string of the molecule is COCCNC(=S)NC(C)c1nn[nH]n1. The minimum absolute atomic E-state index is 0.0775. The second-order valence-corrected chi connectivity index (χ2v) is 3.29. The molecule has 0 bridgehead atoms. The first-order valence-corrected chi connectivity index (χ1v) is 4.91. The fourth-order valence-electron chi connectivity index (χ4n) is 0.932. The number of aromatic amines is 1. The van der Waals surface area contributed by atoms with Crippen molar-refractivity contribution >= 4 is 17.3 Å². The first-order chi connectivity index (χ1) is 7.24. The van der Waals surface area contributed by atoms with Crippen LogP contribution in [0.2, 0.25) is 0 Å². The van der Waals surface area contributed by atoms with Crippen molar-refractivity contribution in [2.75, 3.05) is 20.3 Å². The molecule has 0 aromatic carbocycles. The Morgan fingerprint density at radius 1 is 1.67 bits per heavy atom. The molecule has 0 saturated carbocycles. The molecule has 1 unspecified atom stereocenters. The Morgan fingerprint density at radius 3 is 3.07 bits per heavy atom. The Bertz CT molecular complexity index is 290. The van der Waals surface area contributed by atoms with E-state index in [4.69, 9.17) is 17.0 Å². The van der Waals surface area contributed by atoms with Gasteiger partial charge >= 0.3 is 0 Å². The number of rotatable bonds is 5. The predicted octanol–water partition coefficient (Wildman–Crippen LogP) is -0.629. The first-order valence-electron chi connectivity index (χ1n) is 4.50. The molecule has 1 heterocycles. The van der Waals surface area contributed by atoms with Crippen LogP contribution in [0.1, 0.15) is 18.8 Å². The fourth-order valence-corrected chi connectivity index (χ4v) is 1.21.